The molecular weight excluding hydrogens is 302 g/mol. The maximum absolute atomic E-state index is 13.5. The van der Waals surface area contributed by atoms with E-state index in [9.17, 15) is 9.50 Å². The third-order valence-corrected chi connectivity index (χ3v) is 3.89. The second-order valence-corrected chi connectivity index (χ2v) is 5.56. The van der Waals surface area contributed by atoms with Crippen LogP contribution in [0.15, 0.2) is 36.4 Å². The summed E-state index contributed by atoms with van der Waals surface area (Å²) in [4.78, 5) is 0. The first-order chi connectivity index (χ1) is 9.54. The lowest BCUT2D eigenvalue weighted by atomic mass is 9.95. The molecule has 2 nitrogen and oxygen atoms in total. The second kappa shape index (κ2) is 5.24. The number of halogens is 3. The Morgan fingerprint density at radius 1 is 1.15 bits per heavy atom. The minimum atomic E-state index is -0.693. The van der Waals surface area contributed by atoms with E-state index in [-0.39, 0.29) is 5.02 Å². The van der Waals surface area contributed by atoms with E-state index in [1.807, 2.05) is 0 Å². The number of hydrogen-bond acceptors (Lipinski definition) is 2. The highest BCUT2D eigenvalue weighted by Gasteiger charge is 2.28. The molecule has 1 N–H and O–H groups in total. The van der Waals surface area contributed by atoms with Crippen LogP contribution in [-0.2, 0) is 0 Å². The molecule has 2 aromatic carbocycles. The van der Waals surface area contributed by atoms with E-state index in [0.29, 0.717) is 28.3 Å². The molecule has 1 heterocycles. The molecule has 0 bridgehead atoms. The molecule has 0 amide bonds. The highest BCUT2D eigenvalue weighted by Crippen LogP contribution is 2.42. The van der Waals surface area contributed by atoms with Crippen molar-refractivity contribution in [1.29, 1.82) is 0 Å². The highest BCUT2D eigenvalue weighted by molar-refractivity contribution is 6.31. The summed E-state index contributed by atoms with van der Waals surface area (Å²) < 4.78 is 19.3. The fourth-order valence-corrected chi connectivity index (χ4v) is 2.63. The number of fused-ring (bicyclic) bond motifs is 1. The maximum atomic E-state index is 13.5. The molecule has 3 rings (SSSR count). The average molecular weight is 313 g/mol. The van der Waals surface area contributed by atoms with Gasteiger partial charge in [-0.25, -0.2) is 4.39 Å². The minimum Gasteiger partial charge on any atom is -0.485 e. The predicted octanol–water partition coefficient (Wildman–Crippen LogP) is 4.69. The summed E-state index contributed by atoms with van der Waals surface area (Å²) in [5.41, 5.74) is 1.30. The van der Waals surface area contributed by atoms with Crippen LogP contribution in [0.4, 0.5) is 4.39 Å². The van der Waals surface area contributed by atoms with Crippen molar-refractivity contribution < 1.29 is 14.2 Å². The Balaban J connectivity index is 1.94. The number of aliphatic hydroxyl groups excluding tert-OH is 1. The highest BCUT2D eigenvalue weighted by atomic mass is 35.5. The molecule has 0 saturated carbocycles. The summed E-state index contributed by atoms with van der Waals surface area (Å²) in [6, 6.07) is 9.60. The summed E-state index contributed by atoms with van der Waals surface area (Å²) >= 11 is 11.6. The topological polar surface area (TPSA) is 29.5 Å². The Bertz CT molecular complexity index is 660. The molecule has 0 radical (unpaired) electrons. The molecular formula is C15H11Cl2FO2. The van der Waals surface area contributed by atoms with Gasteiger partial charge in [-0.05, 0) is 35.9 Å². The van der Waals surface area contributed by atoms with Gasteiger partial charge in [0.1, 0.15) is 17.7 Å². The summed E-state index contributed by atoms with van der Waals surface area (Å²) in [6.07, 6.45) is -0.763. The lowest BCUT2D eigenvalue weighted by molar-refractivity contribution is 0.0656. The molecule has 0 spiro atoms. The third kappa shape index (κ3) is 2.49. The van der Waals surface area contributed by atoms with Crippen LogP contribution in [0.2, 0.25) is 10.0 Å². The van der Waals surface area contributed by atoms with Gasteiger partial charge in [-0.15, -0.1) is 0 Å². The molecule has 2 atom stereocenters. The molecule has 20 heavy (non-hydrogen) atoms. The van der Waals surface area contributed by atoms with Crippen LogP contribution >= 0.6 is 23.2 Å². The van der Waals surface area contributed by atoms with Crippen LogP contribution in [0.1, 0.15) is 29.8 Å². The van der Waals surface area contributed by atoms with E-state index in [1.165, 1.54) is 12.1 Å². The van der Waals surface area contributed by atoms with Crippen molar-refractivity contribution in [3.05, 3.63) is 63.4 Å². The Morgan fingerprint density at radius 2 is 1.95 bits per heavy atom. The summed E-state index contributed by atoms with van der Waals surface area (Å²) in [5.74, 6) is 0.0673. The van der Waals surface area contributed by atoms with Crippen molar-refractivity contribution in [2.45, 2.75) is 18.6 Å². The lowest BCUT2D eigenvalue weighted by Crippen LogP contribution is -2.19. The molecule has 1 unspecified atom stereocenters. The van der Waals surface area contributed by atoms with Crippen molar-refractivity contribution in [3.63, 3.8) is 0 Å². The van der Waals surface area contributed by atoms with Crippen LogP contribution in [-0.4, -0.2) is 5.11 Å². The second-order valence-electron chi connectivity index (χ2n) is 4.71. The fourth-order valence-electron chi connectivity index (χ4n) is 2.33. The fraction of sp³-hybridized carbons (Fsp3) is 0.200. The third-order valence-electron chi connectivity index (χ3n) is 3.35. The van der Waals surface area contributed by atoms with E-state index < -0.39 is 18.0 Å². The van der Waals surface area contributed by atoms with E-state index >= 15 is 0 Å². The van der Waals surface area contributed by atoms with Gasteiger partial charge in [-0.2, -0.15) is 0 Å². The smallest absolute Gasteiger partial charge is 0.142 e. The van der Waals surface area contributed by atoms with Crippen molar-refractivity contribution >= 4 is 23.2 Å². The normalized spacial score (nSPS) is 21.2. The quantitative estimate of drug-likeness (QED) is 0.827. The van der Waals surface area contributed by atoms with Crippen molar-refractivity contribution in [1.82, 2.24) is 0 Å². The van der Waals surface area contributed by atoms with Gasteiger partial charge in [-0.1, -0.05) is 29.3 Å². The zero-order valence-electron chi connectivity index (χ0n) is 10.3. The zero-order chi connectivity index (χ0) is 14.3. The Labute approximate surface area is 125 Å². The zero-order valence-corrected chi connectivity index (χ0v) is 11.8. The van der Waals surface area contributed by atoms with Gasteiger partial charge in [-0.3, -0.25) is 0 Å². The molecule has 2 aromatic rings. The van der Waals surface area contributed by atoms with Gasteiger partial charge in [0.05, 0.1) is 11.1 Å². The van der Waals surface area contributed by atoms with Crippen molar-refractivity contribution in [2.75, 3.05) is 0 Å². The molecule has 0 saturated heterocycles. The Hall–Kier alpha value is -1.29. The van der Waals surface area contributed by atoms with Crippen molar-refractivity contribution in [2.24, 2.45) is 0 Å². The van der Waals surface area contributed by atoms with Gasteiger partial charge in [0.2, 0.25) is 0 Å². The molecule has 104 valence electrons. The maximum Gasteiger partial charge on any atom is 0.142 e. The molecule has 1 aliphatic heterocycles. The number of ether oxygens (including phenoxy) is 1. The van der Waals surface area contributed by atoms with Gasteiger partial charge in [0, 0.05) is 17.0 Å². The molecule has 0 aliphatic carbocycles. The first kappa shape index (κ1) is 13.7. The largest absolute Gasteiger partial charge is 0.485 e. The van der Waals surface area contributed by atoms with E-state index in [4.69, 9.17) is 27.9 Å². The predicted molar refractivity (Wildman–Crippen MR) is 75.8 cm³/mol. The van der Waals surface area contributed by atoms with E-state index in [0.717, 1.165) is 0 Å². The van der Waals surface area contributed by atoms with Crippen molar-refractivity contribution in [3.8, 4) is 5.75 Å². The lowest BCUT2D eigenvalue weighted by Gasteiger charge is -2.30. The van der Waals surface area contributed by atoms with E-state index in [2.05, 4.69) is 0 Å². The molecule has 0 aromatic heterocycles. The summed E-state index contributed by atoms with van der Waals surface area (Å²) in [6.45, 7) is 0. The van der Waals surface area contributed by atoms with Gasteiger partial charge < -0.3 is 9.84 Å². The first-order valence-corrected chi connectivity index (χ1v) is 6.89. The Kier molecular flexibility index (Phi) is 3.59. The van der Waals surface area contributed by atoms with Gasteiger partial charge in [0.25, 0.3) is 0 Å². The molecule has 5 heteroatoms. The summed E-state index contributed by atoms with van der Waals surface area (Å²) in [7, 11) is 0. The molecule has 1 aliphatic rings. The number of benzene rings is 2. The van der Waals surface area contributed by atoms with Gasteiger partial charge >= 0.3 is 0 Å². The van der Waals surface area contributed by atoms with Crippen LogP contribution in [0.5, 0.6) is 5.75 Å². The Morgan fingerprint density at radius 3 is 2.70 bits per heavy atom. The summed E-state index contributed by atoms with van der Waals surface area (Å²) in [5, 5.41) is 10.8. The SMILES string of the molecule is O[C@H]1CC(c2ccc(Cl)c(F)c2)Oc2ccc(Cl)cc21. The monoisotopic (exact) mass is 312 g/mol. The van der Waals surface area contributed by atoms with Gasteiger partial charge in [0.15, 0.2) is 0 Å². The van der Waals surface area contributed by atoms with E-state index in [1.54, 1.807) is 24.3 Å². The van der Waals surface area contributed by atoms with Crippen LogP contribution in [0.25, 0.3) is 0 Å². The average Bonchev–Trinajstić information content (AvgIpc) is 2.42. The molecule has 0 fully saturated rings. The number of aliphatic hydroxyl groups is 1. The van der Waals surface area contributed by atoms with Crippen LogP contribution in [0.3, 0.4) is 0 Å². The van der Waals surface area contributed by atoms with Crippen LogP contribution < -0.4 is 4.74 Å². The number of hydrogen-bond donors (Lipinski definition) is 1. The first-order valence-electron chi connectivity index (χ1n) is 6.13. The number of rotatable bonds is 1. The minimum absolute atomic E-state index is 0.0669. The standard InChI is InChI=1S/C15H11Cl2FO2/c16-9-2-4-14-10(6-9)13(19)7-15(20-14)8-1-3-11(17)12(18)5-8/h1-6,13,15,19H,7H2/t13-,15?/m0/s1. The van der Waals surface area contributed by atoms with Crippen LogP contribution in [0, 0.1) is 5.82 Å².